The number of nitrogens with zero attached hydrogens (tertiary/aromatic N) is 2. The molecule has 0 fully saturated rings. The molecule has 0 saturated carbocycles. The summed E-state index contributed by atoms with van der Waals surface area (Å²) in [6, 6.07) is 0. The zero-order chi connectivity index (χ0) is 13.2. The van der Waals surface area contributed by atoms with Gasteiger partial charge in [0.2, 0.25) is 0 Å². The van der Waals surface area contributed by atoms with Crippen LogP contribution in [0.15, 0.2) is 22.1 Å². The van der Waals surface area contributed by atoms with Crippen molar-refractivity contribution >= 4 is 27.3 Å². The SMILES string of the molecule is O=C(O)c1ncsc1S(=O)(=O)NCc1ncc[nH]1. The summed E-state index contributed by atoms with van der Waals surface area (Å²) in [6.07, 6.45) is 3.04. The number of sulfonamides is 1. The summed E-state index contributed by atoms with van der Waals surface area (Å²) in [7, 11) is -3.90. The Labute approximate surface area is 106 Å². The lowest BCUT2D eigenvalue weighted by atomic mass is 10.5. The van der Waals surface area contributed by atoms with Gasteiger partial charge in [0.15, 0.2) is 9.90 Å². The molecule has 0 aliphatic heterocycles. The normalized spacial score (nSPS) is 11.6. The number of aromatic amines is 1. The van der Waals surface area contributed by atoms with Gasteiger partial charge in [-0.25, -0.2) is 27.9 Å². The van der Waals surface area contributed by atoms with Gasteiger partial charge in [0.1, 0.15) is 5.82 Å². The van der Waals surface area contributed by atoms with Crippen molar-refractivity contribution in [2.75, 3.05) is 0 Å². The summed E-state index contributed by atoms with van der Waals surface area (Å²) in [5, 5.41) is 8.80. The molecule has 2 aromatic heterocycles. The number of H-pyrrole nitrogens is 1. The Kier molecular flexibility index (Phi) is 3.41. The molecule has 0 spiro atoms. The summed E-state index contributed by atoms with van der Waals surface area (Å²) in [6.45, 7) is -0.0493. The number of imidazole rings is 1. The molecule has 0 aliphatic rings. The monoisotopic (exact) mass is 288 g/mol. The van der Waals surface area contributed by atoms with Gasteiger partial charge >= 0.3 is 5.97 Å². The Balaban J connectivity index is 2.20. The molecule has 96 valence electrons. The zero-order valence-electron chi connectivity index (χ0n) is 8.82. The molecule has 2 aromatic rings. The van der Waals surface area contributed by atoms with Crippen LogP contribution in [-0.4, -0.2) is 34.4 Å². The molecule has 18 heavy (non-hydrogen) atoms. The molecule has 10 heteroatoms. The maximum Gasteiger partial charge on any atom is 0.356 e. The van der Waals surface area contributed by atoms with Crippen molar-refractivity contribution in [3.8, 4) is 0 Å². The van der Waals surface area contributed by atoms with Crippen molar-refractivity contribution < 1.29 is 18.3 Å². The smallest absolute Gasteiger partial charge is 0.356 e. The van der Waals surface area contributed by atoms with Crippen molar-refractivity contribution in [1.82, 2.24) is 19.7 Å². The summed E-state index contributed by atoms with van der Waals surface area (Å²) in [5.41, 5.74) is 0.692. The third kappa shape index (κ3) is 2.55. The van der Waals surface area contributed by atoms with Gasteiger partial charge < -0.3 is 10.1 Å². The van der Waals surface area contributed by atoms with Crippen molar-refractivity contribution in [1.29, 1.82) is 0 Å². The van der Waals surface area contributed by atoms with Crippen LogP contribution in [0.4, 0.5) is 0 Å². The fourth-order valence-corrected chi connectivity index (χ4v) is 3.36. The second kappa shape index (κ2) is 4.84. The minimum atomic E-state index is -3.90. The van der Waals surface area contributed by atoms with E-state index in [1.54, 1.807) is 6.20 Å². The highest BCUT2D eigenvalue weighted by atomic mass is 32.2. The van der Waals surface area contributed by atoms with Crippen LogP contribution in [0.5, 0.6) is 0 Å². The van der Waals surface area contributed by atoms with E-state index in [1.807, 2.05) is 0 Å². The average Bonchev–Trinajstić information content (AvgIpc) is 2.98. The van der Waals surface area contributed by atoms with E-state index >= 15 is 0 Å². The van der Waals surface area contributed by atoms with Crippen molar-refractivity contribution in [3.63, 3.8) is 0 Å². The second-order valence-corrected chi connectivity index (χ2v) is 5.97. The first kappa shape index (κ1) is 12.7. The van der Waals surface area contributed by atoms with Gasteiger partial charge in [0, 0.05) is 12.4 Å². The fourth-order valence-electron chi connectivity index (χ4n) is 1.19. The molecule has 0 atom stereocenters. The first-order chi connectivity index (χ1) is 8.50. The van der Waals surface area contributed by atoms with Gasteiger partial charge in [-0.2, -0.15) is 0 Å². The summed E-state index contributed by atoms with van der Waals surface area (Å²) in [4.78, 5) is 20.9. The Morgan fingerprint density at radius 3 is 2.89 bits per heavy atom. The highest BCUT2D eigenvalue weighted by Gasteiger charge is 2.25. The third-order valence-electron chi connectivity index (χ3n) is 1.97. The van der Waals surface area contributed by atoms with Crippen molar-refractivity contribution in [3.05, 3.63) is 29.4 Å². The molecule has 0 bridgehead atoms. The minimum absolute atomic E-state index is 0.0493. The van der Waals surface area contributed by atoms with Gasteiger partial charge in [-0.15, -0.1) is 11.3 Å². The van der Waals surface area contributed by atoms with E-state index < -0.39 is 21.7 Å². The lowest BCUT2D eigenvalue weighted by molar-refractivity contribution is 0.0687. The van der Waals surface area contributed by atoms with Crippen LogP contribution in [-0.2, 0) is 16.6 Å². The maximum atomic E-state index is 11.9. The Hall–Kier alpha value is -1.78. The van der Waals surface area contributed by atoms with E-state index in [0.29, 0.717) is 5.82 Å². The largest absolute Gasteiger partial charge is 0.476 e. The predicted molar refractivity (Wildman–Crippen MR) is 61.7 cm³/mol. The fraction of sp³-hybridized carbons (Fsp3) is 0.125. The van der Waals surface area contributed by atoms with E-state index in [2.05, 4.69) is 19.7 Å². The van der Waals surface area contributed by atoms with Crippen LogP contribution >= 0.6 is 11.3 Å². The number of nitrogens with one attached hydrogen (secondary N) is 2. The molecule has 3 N–H and O–H groups in total. The Morgan fingerprint density at radius 2 is 2.28 bits per heavy atom. The zero-order valence-corrected chi connectivity index (χ0v) is 10.5. The molecule has 2 heterocycles. The van der Waals surface area contributed by atoms with E-state index in [1.165, 1.54) is 11.7 Å². The Morgan fingerprint density at radius 1 is 1.50 bits per heavy atom. The van der Waals surface area contributed by atoms with Crippen molar-refractivity contribution in [2.24, 2.45) is 0 Å². The number of aromatic nitrogens is 3. The van der Waals surface area contributed by atoms with Crippen LogP contribution in [0.25, 0.3) is 0 Å². The molecule has 0 radical (unpaired) electrons. The van der Waals surface area contributed by atoms with Gasteiger partial charge in [-0.05, 0) is 0 Å². The lowest BCUT2D eigenvalue weighted by Gasteiger charge is -2.03. The Bertz CT molecular complexity index is 646. The molecule has 2 rings (SSSR count). The number of carboxylic acids is 1. The van der Waals surface area contributed by atoms with E-state index in [9.17, 15) is 13.2 Å². The highest BCUT2D eigenvalue weighted by Crippen LogP contribution is 2.19. The van der Waals surface area contributed by atoms with E-state index in [-0.39, 0.29) is 10.8 Å². The standard InChI is InChI=1S/C8H8N4O4S2/c13-7(14)6-8(17-4-11-6)18(15,16)12-3-5-9-1-2-10-5/h1-2,4,12H,3H2,(H,9,10)(H,13,14). The molecule has 0 saturated heterocycles. The topological polar surface area (TPSA) is 125 Å². The minimum Gasteiger partial charge on any atom is -0.476 e. The molecule has 8 nitrogen and oxygen atoms in total. The third-order valence-corrected chi connectivity index (χ3v) is 4.74. The molecule has 0 amide bonds. The van der Waals surface area contributed by atoms with Gasteiger partial charge in [-0.3, -0.25) is 0 Å². The van der Waals surface area contributed by atoms with Crippen LogP contribution < -0.4 is 4.72 Å². The summed E-state index contributed by atoms with van der Waals surface area (Å²) < 4.78 is 25.7. The number of hydrogen-bond donors (Lipinski definition) is 3. The number of carboxylic acid groups (broad SMARTS) is 1. The number of hydrogen-bond acceptors (Lipinski definition) is 6. The molecule has 0 unspecified atom stereocenters. The molecular weight excluding hydrogens is 280 g/mol. The van der Waals surface area contributed by atoms with Gasteiger partial charge in [0.25, 0.3) is 10.0 Å². The number of rotatable bonds is 5. The summed E-state index contributed by atoms with van der Waals surface area (Å²) in [5.74, 6) is -0.949. The first-order valence-corrected chi connectivity index (χ1v) is 7.01. The number of thiazole rings is 1. The lowest BCUT2D eigenvalue weighted by Crippen LogP contribution is -2.24. The van der Waals surface area contributed by atoms with Crippen LogP contribution in [0.3, 0.4) is 0 Å². The van der Waals surface area contributed by atoms with Crippen LogP contribution in [0, 0.1) is 0 Å². The van der Waals surface area contributed by atoms with Crippen LogP contribution in [0.2, 0.25) is 0 Å². The van der Waals surface area contributed by atoms with Crippen LogP contribution in [0.1, 0.15) is 16.3 Å². The van der Waals surface area contributed by atoms with E-state index in [4.69, 9.17) is 5.11 Å². The summed E-state index contributed by atoms with van der Waals surface area (Å²) >= 11 is 0.749. The quantitative estimate of drug-likeness (QED) is 0.713. The molecule has 0 aliphatic carbocycles. The first-order valence-electron chi connectivity index (χ1n) is 4.65. The second-order valence-electron chi connectivity index (χ2n) is 3.15. The molecular formula is C8H8N4O4S2. The average molecular weight is 288 g/mol. The number of aromatic carboxylic acids is 1. The van der Waals surface area contributed by atoms with Crippen molar-refractivity contribution in [2.45, 2.75) is 10.8 Å². The predicted octanol–water partition coefficient (Wildman–Crippen LogP) is 0.0429. The van der Waals surface area contributed by atoms with Gasteiger partial charge in [-0.1, -0.05) is 0 Å². The maximum absolute atomic E-state index is 11.9. The molecule has 0 aromatic carbocycles. The highest BCUT2D eigenvalue weighted by molar-refractivity contribution is 7.91. The van der Waals surface area contributed by atoms with E-state index in [0.717, 1.165) is 11.3 Å². The van der Waals surface area contributed by atoms with Gasteiger partial charge in [0.05, 0.1) is 12.1 Å². The number of carbonyl (C=O) groups is 1.